The molecule has 0 unspecified atom stereocenters. The Hall–Kier alpha value is -2.47. The van der Waals surface area contributed by atoms with Gasteiger partial charge < -0.3 is 0 Å². The molecule has 1 heterocycles. The van der Waals surface area contributed by atoms with Crippen molar-refractivity contribution in [2.24, 2.45) is 0 Å². The van der Waals surface area contributed by atoms with E-state index in [4.69, 9.17) is 0 Å². The zero-order chi connectivity index (χ0) is 16.9. The summed E-state index contributed by atoms with van der Waals surface area (Å²) >= 11 is 1.31. The summed E-state index contributed by atoms with van der Waals surface area (Å²) in [5.41, 5.74) is 1.45. The van der Waals surface area contributed by atoms with Crippen molar-refractivity contribution in [2.75, 3.05) is 5.75 Å². The van der Waals surface area contributed by atoms with Crippen molar-refractivity contribution in [3.63, 3.8) is 0 Å². The Kier molecular flexibility index (Phi) is 5.05. The van der Waals surface area contributed by atoms with Crippen molar-refractivity contribution in [3.05, 3.63) is 66.0 Å². The van der Waals surface area contributed by atoms with Crippen molar-refractivity contribution in [1.82, 2.24) is 14.8 Å². The molecule has 3 aromatic rings. The van der Waals surface area contributed by atoms with E-state index in [-0.39, 0.29) is 11.6 Å². The van der Waals surface area contributed by atoms with Crippen molar-refractivity contribution in [3.8, 4) is 11.4 Å². The molecule has 0 amide bonds. The molecule has 1 aromatic heterocycles. The Labute approximate surface area is 143 Å². The summed E-state index contributed by atoms with van der Waals surface area (Å²) in [5.74, 6) is 0.483. The van der Waals surface area contributed by atoms with E-state index < -0.39 is 0 Å². The van der Waals surface area contributed by atoms with E-state index in [1.807, 2.05) is 34.9 Å². The molecule has 6 heteroatoms. The number of Topliss-reactive ketones (excluding diaryl/α,β-unsaturated/α-hetero) is 1. The maximum absolute atomic E-state index is 14.2. The third-order valence-electron chi connectivity index (χ3n) is 3.42. The molecule has 0 saturated carbocycles. The lowest BCUT2D eigenvalue weighted by Crippen LogP contribution is -2.06. The SMILES string of the molecule is CC(=O)CSc1nnc(-c2ccccc2F)n1Cc1ccccc1. The van der Waals surface area contributed by atoms with Gasteiger partial charge in [0.15, 0.2) is 11.0 Å². The average Bonchev–Trinajstić information content (AvgIpc) is 2.97. The first-order valence-electron chi connectivity index (χ1n) is 7.49. The van der Waals surface area contributed by atoms with Crippen LogP contribution in [0.2, 0.25) is 0 Å². The first-order chi connectivity index (χ1) is 11.6. The van der Waals surface area contributed by atoms with Gasteiger partial charge in [0, 0.05) is 0 Å². The third kappa shape index (κ3) is 3.71. The summed E-state index contributed by atoms with van der Waals surface area (Å²) < 4.78 is 16.0. The molecule has 0 aliphatic carbocycles. The summed E-state index contributed by atoms with van der Waals surface area (Å²) in [7, 11) is 0. The Morgan fingerprint density at radius 1 is 1.08 bits per heavy atom. The molecular formula is C18H16FN3OS. The summed E-state index contributed by atoms with van der Waals surface area (Å²) in [4.78, 5) is 11.3. The molecule has 4 nitrogen and oxygen atoms in total. The lowest BCUT2D eigenvalue weighted by Gasteiger charge is -2.10. The van der Waals surface area contributed by atoms with Crippen LogP contribution in [0.1, 0.15) is 12.5 Å². The number of ketones is 1. The van der Waals surface area contributed by atoms with Crippen LogP contribution in [0.3, 0.4) is 0 Å². The van der Waals surface area contributed by atoms with Gasteiger partial charge >= 0.3 is 0 Å². The van der Waals surface area contributed by atoms with Crippen molar-refractivity contribution in [2.45, 2.75) is 18.6 Å². The number of thioether (sulfide) groups is 1. The van der Waals surface area contributed by atoms with Crippen LogP contribution in [0.5, 0.6) is 0 Å². The third-order valence-corrected chi connectivity index (χ3v) is 4.53. The second-order valence-corrected chi connectivity index (χ2v) is 6.29. The molecule has 122 valence electrons. The van der Waals surface area contributed by atoms with Crippen molar-refractivity contribution in [1.29, 1.82) is 0 Å². The van der Waals surface area contributed by atoms with Gasteiger partial charge in [0.1, 0.15) is 11.6 Å². The first kappa shape index (κ1) is 16.4. The van der Waals surface area contributed by atoms with Crippen molar-refractivity contribution >= 4 is 17.5 Å². The minimum absolute atomic E-state index is 0.0571. The van der Waals surface area contributed by atoms with Gasteiger partial charge in [-0.3, -0.25) is 9.36 Å². The Morgan fingerprint density at radius 3 is 2.50 bits per heavy atom. The smallest absolute Gasteiger partial charge is 0.192 e. The van der Waals surface area contributed by atoms with Gasteiger partial charge in [-0.15, -0.1) is 10.2 Å². The van der Waals surface area contributed by atoms with Crippen LogP contribution in [0, 0.1) is 5.82 Å². The number of hydrogen-bond donors (Lipinski definition) is 0. The van der Waals surface area contributed by atoms with Crippen LogP contribution in [0.4, 0.5) is 4.39 Å². The second-order valence-electron chi connectivity index (χ2n) is 5.35. The number of hydrogen-bond acceptors (Lipinski definition) is 4. The van der Waals surface area contributed by atoms with Gasteiger partial charge in [0.25, 0.3) is 0 Å². The van der Waals surface area contributed by atoms with Crippen LogP contribution < -0.4 is 0 Å². The van der Waals surface area contributed by atoms with Gasteiger partial charge in [-0.1, -0.05) is 54.2 Å². The van der Waals surface area contributed by atoms with Gasteiger partial charge in [-0.2, -0.15) is 0 Å². The predicted molar refractivity (Wildman–Crippen MR) is 92.4 cm³/mol. The van der Waals surface area contributed by atoms with Crippen LogP contribution in [-0.4, -0.2) is 26.3 Å². The van der Waals surface area contributed by atoms with E-state index in [1.54, 1.807) is 18.2 Å². The molecule has 0 spiro atoms. The minimum Gasteiger partial charge on any atom is -0.299 e. The Morgan fingerprint density at radius 2 is 1.79 bits per heavy atom. The normalized spacial score (nSPS) is 10.8. The van der Waals surface area contributed by atoms with Crippen LogP contribution in [-0.2, 0) is 11.3 Å². The van der Waals surface area contributed by atoms with Gasteiger partial charge in [0.05, 0.1) is 17.9 Å². The fraction of sp³-hybridized carbons (Fsp3) is 0.167. The molecule has 0 aliphatic rings. The van der Waals surface area contributed by atoms with Crippen LogP contribution in [0.25, 0.3) is 11.4 Å². The standard InChI is InChI=1S/C18H16FN3OS/c1-13(23)12-24-18-21-20-17(15-9-5-6-10-16(15)19)22(18)11-14-7-3-2-4-8-14/h2-10H,11-12H2,1H3. The molecule has 0 fully saturated rings. The number of carbonyl (C=O) groups excluding carboxylic acids is 1. The van der Waals surface area contributed by atoms with E-state index in [1.165, 1.54) is 24.8 Å². The van der Waals surface area contributed by atoms with Gasteiger partial charge in [-0.25, -0.2) is 4.39 Å². The Balaban J connectivity index is 2.02. The summed E-state index contributed by atoms with van der Waals surface area (Å²) in [6.45, 7) is 2.04. The minimum atomic E-state index is -0.345. The highest BCUT2D eigenvalue weighted by atomic mass is 32.2. The molecule has 0 N–H and O–H groups in total. The topological polar surface area (TPSA) is 47.8 Å². The number of carbonyl (C=O) groups is 1. The maximum atomic E-state index is 14.2. The second kappa shape index (κ2) is 7.40. The molecule has 0 bridgehead atoms. The largest absolute Gasteiger partial charge is 0.299 e. The highest BCUT2D eigenvalue weighted by Gasteiger charge is 2.17. The first-order valence-corrected chi connectivity index (χ1v) is 8.48. The zero-order valence-electron chi connectivity index (χ0n) is 13.1. The number of aromatic nitrogens is 3. The van der Waals surface area contributed by atoms with E-state index in [2.05, 4.69) is 10.2 Å². The predicted octanol–water partition coefficient (Wildman–Crippen LogP) is 3.81. The number of nitrogens with zero attached hydrogens (tertiary/aromatic N) is 3. The van der Waals surface area contributed by atoms with Crippen LogP contribution >= 0.6 is 11.8 Å². The lowest BCUT2D eigenvalue weighted by molar-refractivity contribution is -0.114. The number of halogens is 1. The van der Waals surface area contributed by atoms with Gasteiger partial charge in [0.2, 0.25) is 0 Å². The fourth-order valence-electron chi connectivity index (χ4n) is 2.31. The molecule has 0 radical (unpaired) electrons. The molecule has 2 aromatic carbocycles. The van der Waals surface area contributed by atoms with E-state index in [0.717, 1.165) is 5.56 Å². The molecule has 24 heavy (non-hydrogen) atoms. The summed E-state index contributed by atoms with van der Waals surface area (Å²) in [6, 6.07) is 16.3. The number of benzene rings is 2. The fourth-order valence-corrected chi connectivity index (χ4v) is 3.05. The molecule has 0 aliphatic heterocycles. The summed E-state index contributed by atoms with van der Waals surface area (Å²) in [5, 5.41) is 8.92. The Bertz CT molecular complexity index is 848. The number of rotatable bonds is 6. The highest BCUT2D eigenvalue weighted by molar-refractivity contribution is 7.99. The quantitative estimate of drug-likeness (QED) is 0.640. The van der Waals surface area contributed by atoms with Crippen LogP contribution in [0.15, 0.2) is 59.8 Å². The molecule has 0 saturated heterocycles. The molecular weight excluding hydrogens is 325 g/mol. The maximum Gasteiger partial charge on any atom is 0.192 e. The molecule has 0 atom stereocenters. The van der Waals surface area contributed by atoms with E-state index in [9.17, 15) is 9.18 Å². The lowest BCUT2D eigenvalue weighted by atomic mass is 10.2. The van der Waals surface area contributed by atoms with Gasteiger partial charge in [-0.05, 0) is 24.6 Å². The average molecular weight is 341 g/mol. The summed E-state index contributed by atoms with van der Waals surface area (Å²) in [6.07, 6.45) is 0. The molecule has 3 rings (SSSR count). The van der Waals surface area contributed by atoms with E-state index in [0.29, 0.717) is 28.8 Å². The monoisotopic (exact) mass is 341 g/mol. The highest BCUT2D eigenvalue weighted by Crippen LogP contribution is 2.26. The van der Waals surface area contributed by atoms with E-state index >= 15 is 0 Å². The zero-order valence-corrected chi connectivity index (χ0v) is 14.0. The van der Waals surface area contributed by atoms with Crippen molar-refractivity contribution < 1.29 is 9.18 Å².